The van der Waals surface area contributed by atoms with Gasteiger partial charge in [-0.1, -0.05) is 36.4 Å². The highest BCUT2D eigenvalue weighted by molar-refractivity contribution is 5.98. The van der Waals surface area contributed by atoms with Crippen LogP contribution in [0.25, 0.3) is 44.5 Å². The molecule has 1 saturated heterocycles. The quantitative estimate of drug-likeness (QED) is 0.459. The Hall–Kier alpha value is -3.88. The standard InChI is InChI=1S/C25H23N7O/c1-16-22(24(17-6-4-3-5-7-17)32(30-16)25-26-10-11-33-25)23-20-9-8-18(12-21(20)27-15-28-23)19-13-29-31(2)14-19/h3-9,12-15,25-26H,10-11H2,1-2H3. The number of ether oxygens (including phenoxy) is 1. The minimum Gasteiger partial charge on any atom is -0.342 e. The van der Waals surface area contributed by atoms with E-state index in [0.717, 1.165) is 56.8 Å². The minimum absolute atomic E-state index is 0.307. The van der Waals surface area contributed by atoms with E-state index in [-0.39, 0.29) is 6.35 Å². The van der Waals surface area contributed by atoms with Gasteiger partial charge in [-0.2, -0.15) is 10.2 Å². The molecule has 8 heteroatoms. The molecule has 0 bridgehead atoms. The average Bonchev–Trinajstić information content (AvgIpc) is 3.59. The molecule has 8 nitrogen and oxygen atoms in total. The first-order valence-electron chi connectivity index (χ1n) is 10.9. The number of aromatic nitrogens is 6. The van der Waals surface area contributed by atoms with Crippen molar-refractivity contribution >= 4 is 10.9 Å². The molecule has 164 valence electrons. The molecule has 5 aromatic rings. The van der Waals surface area contributed by atoms with Crippen molar-refractivity contribution in [1.29, 1.82) is 0 Å². The largest absolute Gasteiger partial charge is 0.342 e. The molecule has 0 saturated carbocycles. The van der Waals surface area contributed by atoms with Crippen LogP contribution in [0.15, 0.2) is 67.3 Å². The first-order chi connectivity index (χ1) is 16.2. The topological polar surface area (TPSA) is 82.7 Å². The number of nitrogens with one attached hydrogen (secondary N) is 1. The summed E-state index contributed by atoms with van der Waals surface area (Å²) < 4.78 is 9.64. The van der Waals surface area contributed by atoms with Gasteiger partial charge in [0.05, 0.1) is 41.0 Å². The number of fused-ring (bicyclic) bond motifs is 1. The number of rotatable bonds is 4. The van der Waals surface area contributed by atoms with Crippen LogP contribution in [0.1, 0.15) is 12.0 Å². The van der Waals surface area contributed by atoms with Crippen molar-refractivity contribution in [3.63, 3.8) is 0 Å². The van der Waals surface area contributed by atoms with Crippen molar-refractivity contribution in [1.82, 2.24) is 34.8 Å². The molecule has 2 aromatic carbocycles. The zero-order chi connectivity index (χ0) is 22.4. The molecule has 1 aliphatic heterocycles. The van der Waals surface area contributed by atoms with Gasteiger partial charge in [0.25, 0.3) is 0 Å². The molecule has 3 aromatic heterocycles. The smallest absolute Gasteiger partial charge is 0.206 e. The fourth-order valence-corrected chi connectivity index (χ4v) is 4.45. The van der Waals surface area contributed by atoms with E-state index in [4.69, 9.17) is 14.8 Å². The molecule has 0 radical (unpaired) electrons. The molecule has 4 heterocycles. The molecule has 0 amide bonds. The Morgan fingerprint density at radius 2 is 1.91 bits per heavy atom. The van der Waals surface area contributed by atoms with Crippen molar-refractivity contribution in [2.24, 2.45) is 7.05 Å². The van der Waals surface area contributed by atoms with Crippen molar-refractivity contribution < 1.29 is 4.74 Å². The van der Waals surface area contributed by atoms with Gasteiger partial charge in [0.1, 0.15) is 6.33 Å². The average molecular weight is 438 g/mol. The molecule has 6 rings (SSSR count). The van der Waals surface area contributed by atoms with Gasteiger partial charge < -0.3 is 4.74 Å². The molecule has 1 aliphatic rings. The third-order valence-electron chi connectivity index (χ3n) is 5.96. The van der Waals surface area contributed by atoms with E-state index in [2.05, 4.69) is 45.7 Å². The maximum absolute atomic E-state index is 5.91. The van der Waals surface area contributed by atoms with E-state index in [0.29, 0.717) is 6.61 Å². The molecule has 33 heavy (non-hydrogen) atoms. The third kappa shape index (κ3) is 3.40. The lowest BCUT2D eigenvalue weighted by molar-refractivity contribution is 0.0356. The highest BCUT2D eigenvalue weighted by atomic mass is 16.5. The molecular formula is C25H23N7O. The summed E-state index contributed by atoms with van der Waals surface area (Å²) in [5.74, 6) is 0. The Bertz CT molecular complexity index is 1450. The van der Waals surface area contributed by atoms with Crippen molar-refractivity contribution in [2.75, 3.05) is 13.2 Å². The predicted molar refractivity (Wildman–Crippen MR) is 126 cm³/mol. The van der Waals surface area contributed by atoms with Crippen LogP contribution in [0.3, 0.4) is 0 Å². The molecule has 1 N–H and O–H groups in total. The lowest BCUT2D eigenvalue weighted by Gasteiger charge is -2.16. The van der Waals surface area contributed by atoms with E-state index in [9.17, 15) is 0 Å². The van der Waals surface area contributed by atoms with E-state index >= 15 is 0 Å². The van der Waals surface area contributed by atoms with Gasteiger partial charge in [0.2, 0.25) is 6.35 Å². The molecule has 0 spiro atoms. The van der Waals surface area contributed by atoms with Gasteiger partial charge >= 0.3 is 0 Å². The van der Waals surface area contributed by atoms with Crippen LogP contribution in [-0.4, -0.2) is 42.7 Å². The van der Waals surface area contributed by atoms with Crippen LogP contribution in [0, 0.1) is 6.92 Å². The summed E-state index contributed by atoms with van der Waals surface area (Å²) >= 11 is 0. The van der Waals surface area contributed by atoms with Crippen LogP contribution in [0.2, 0.25) is 0 Å². The van der Waals surface area contributed by atoms with Crippen LogP contribution in [-0.2, 0) is 11.8 Å². The Morgan fingerprint density at radius 1 is 1.03 bits per heavy atom. The van der Waals surface area contributed by atoms with Gasteiger partial charge in [0, 0.05) is 36.3 Å². The monoisotopic (exact) mass is 437 g/mol. The van der Waals surface area contributed by atoms with Crippen LogP contribution < -0.4 is 5.32 Å². The summed E-state index contributed by atoms with van der Waals surface area (Å²) in [6, 6.07) is 16.5. The Kier molecular flexibility index (Phi) is 4.74. The highest BCUT2D eigenvalue weighted by Gasteiger charge is 2.27. The third-order valence-corrected chi connectivity index (χ3v) is 5.96. The Balaban J connectivity index is 1.57. The number of benzene rings is 2. The lowest BCUT2D eigenvalue weighted by Crippen LogP contribution is -2.22. The highest BCUT2D eigenvalue weighted by Crippen LogP contribution is 2.39. The first-order valence-corrected chi connectivity index (χ1v) is 10.9. The summed E-state index contributed by atoms with van der Waals surface area (Å²) in [6.07, 6.45) is 5.18. The number of hydrogen-bond donors (Lipinski definition) is 1. The van der Waals surface area contributed by atoms with E-state index in [1.54, 1.807) is 11.0 Å². The minimum atomic E-state index is -0.307. The van der Waals surface area contributed by atoms with Crippen LogP contribution >= 0.6 is 0 Å². The maximum Gasteiger partial charge on any atom is 0.206 e. The van der Waals surface area contributed by atoms with Crippen molar-refractivity contribution in [3.05, 3.63) is 72.9 Å². The van der Waals surface area contributed by atoms with E-state index in [1.165, 1.54) is 0 Å². The number of aryl methyl sites for hydroxylation is 2. The predicted octanol–water partition coefficient (Wildman–Crippen LogP) is 3.95. The molecule has 1 atom stereocenters. The van der Waals surface area contributed by atoms with Crippen LogP contribution in [0.4, 0.5) is 0 Å². The summed E-state index contributed by atoms with van der Waals surface area (Å²) in [5.41, 5.74) is 7.77. The maximum atomic E-state index is 5.91. The number of hydrogen-bond acceptors (Lipinski definition) is 6. The fourth-order valence-electron chi connectivity index (χ4n) is 4.45. The van der Waals surface area contributed by atoms with E-state index in [1.807, 2.05) is 49.2 Å². The lowest BCUT2D eigenvalue weighted by atomic mass is 9.99. The molecular weight excluding hydrogens is 414 g/mol. The second-order valence-corrected chi connectivity index (χ2v) is 8.15. The summed E-state index contributed by atoms with van der Waals surface area (Å²) in [6.45, 7) is 3.46. The SMILES string of the molecule is Cc1nn(C2NCCO2)c(-c2ccccc2)c1-c1ncnc2cc(-c3cnn(C)c3)ccc12. The Morgan fingerprint density at radius 3 is 2.67 bits per heavy atom. The summed E-state index contributed by atoms with van der Waals surface area (Å²) in [7, 11) is 1.92. The van der Waals surface area contributed by atoms with Crippen LogP contribution in [0.5, 0.6) is 0 Å². The van der Waals surface area contributed by atoms with Gasteiger partial charge in [0.15, 0.2) is 0 Å². The second-order valence-electron chi connectivity index (χ2n) is 8.15. The number of nitrogens with zero attached hydrogens (tertiary/aromatic N) is 6. The second kappa shape index (κ2) is 7.91. The molecule has 0 aliphatic carbocycles. The van der Waals surface area contributed by atoms with Crippen molar-refractivity contribution in [3.8, 4) is 33.6 Å². The van der Waals surface area contributed by atoms with E-state index < -0.39 is 0 Å². The zero-order valence-electron chi connectivity index (χ0n) is 18.4. The van der Waals surface area contributed by atoms with Gasteiger partial charge in [-0.05, 0) is 24.6 Å². The normalized spacial score (nSPS) is 16.0. The molecule has 1 unspecified atom stereocenters. The van der Waals surface area contributed by atoms with Crippen molar-refractivity contribution in [2.45, 2.75) is 13.3 Å². The fraction of sp³-hybridized carbons (Fsp3) is 0.200. The first kappa shape index (κ1) is 19.8. The zero-order valence-corrected chi connectivity index (χ0v) is 18.4. The van der Waals surface area contributed by atoms with Gasteiger partial charge in [-0.3, -0.25) is 10.00 Å². The Labute approximate surface area is 190 Å². The summed E-state index contributed by atoms with van der Waals surface area (Å²) in [4.78, 5) is 9.30. The van der Waals surface area contributed by atoms with Gasteiger partial charge in [-0.15, -0.1) is 0 Å². The van der Waals surface area contributed by atoms with Gasteiger partial charge in [-0.25, -0.2) is 14.6 Å². The summed E-state index contributed by atoms with van der Waals surface area (Å²) in [5, 5.41) is 13.5. The molecule has 1 fully saturated rings.